The van der Waals surface area contributed by atoms with E-state index in [9.17, 15) is 5.26 Å². The number of hydrogen-bond donors (Lipinski definition) is 1. The molecular weight excluding hydrogens is 341 g/mol. The monoisotopic (exact) mass is 353 g/mol. The van der Waals surface area contributed by atoms with E-state index in [4.69, 9.17) is 28.9 Å². The fourth-order valence-electron chi connectivity index (χ4n) is 2.53. The van der Waals surface area contributed by atoms with Gasteiger partial charge in [0.1, 0.15) is 17.5 Å². The van der Waals surface area contributed by atoms with E-state index in [2.05, 4.69) is 11.1 Å². The van der Waals surface area contributed by atoms with Gasteiger partial charge in [-0.2, -0.15) is 5.26 Å². The Bertz CT molecular complexity index is 975. The highest BCUT2D eigenvalue weighted by Gasteiger charge is 2.14. The highest BCUT2D eigenvalue weighted by molar-refractivity contribution is 6.42. The van der Waals surface area contributed by atoms with Gasteiger partial charge in [0.05, 0.1) is 15.7 Å². The number of nitriles is 1. The maximum Gasteiger partial charge on any atom is 0.142 e. The van der Waals surface area contributed by atoms with Crippen LogP contribution in [-0.4, -0.2) is 4.98 Å². The van der Waals surface area contributed by atoms with Crippen molar-refractivity contribution in [3.63, 3.8) is 0 Å². The van der Waals surface area contributed by atoms with Crippen molar-refractivity contribution in [1.29, 1.82) is 5.26 Å². The number of benzene rings is 2. The number of aromatic nitrogens is 1. The lowest BCUT2D eigenvalue weighted by Crippen LogP contribution is -2.00. The first-order valence-corrected chi connectivity index (χ1v) is 7.98. The van der Waals surface area contributed by atoms with Crippen LogP contribution in [0.5, 0.6) is 0 Å². The Morgan fingerprint density at radius 3 is 2.46 bits per heavy atom. The number of pyridine rings is 1. The van der Waals surface area contributed by atoms with E-state index < -0.39 is 0 Å². The molecular formula is C19H13Cl2N3. The fourth-order valence-corrected chi connectivity index (χ4v) is 2.82. The highest BCUT2D eigenvalue weighted by Crippen LogP contribution is 2.33. The maximum absolute atomic E-state index is 9.46. The normalized spacial score (nSPS) is 10.4. The van der Waals surface area contributed by atoms with Crippen molar-refractivity contribution in [1.82, 2.24) is 4.98 Å². The van der Waals surface area contributed by atoms with Crippen molar-refractivity contribution < 1.29 is 0 Å². The zero-order valence-corrected chi connectivity index (χ0v) is 14.4. The van der Waals surface area contributed by atoms with Crippen LogP contribution in [0.3, 0.4) is 0 Å². The van der Waals surface area contributed by atoms with Gasteiger partial charge in [-0.15, -0.1) is 0 Å². The summed E-state index contributed by atoms with van der Waals surface area (Å²) in [6, 6.07) is 17.2. The summed E-state index contributed by atoms with van der Waals surface area (Å²) in [4.78, 5) is 4.35. The summed E-state index contributed by atoms with van der Waals surface area (Å²) in [5.74, 6) is 0.192. The van der Waals surface area contributed by atoms with Gasteiger partial charge in [0.15, 0.2) is 0 Å². The Morgan fingerprint density at radius 1 is 1.00 bits per heavy atom. The van der Waals surface area contributed by atoms with E-state index in [0.717, 1.165) is 22.3 Å². The van der Waals surface area contributed by atoms with Crippen molar-refractivity contribution in [3.05, 3.63) is 69.7 Å². The molecule has 3 nitrogen and oxygen atoms in total. The molecule has 1 aromatic heterocycles. The van der Waals surface area contributed by atoms with Crippen LogP contribution in [0.25, 0.3) is 22.4 Å². The first kappa shape index (κ1) is 16.3. The van der Waals surface area contributed by atoms with Crippen LogP contribution in [0.4, 0.5) is 5.82 Å². The van der Waals surface area contributed by atoms with E-state index in [1.54, 1.807) is 12.1 Å². The number of nitrogens with zero attached hydrogens (tertiary/aromatic N) is 2. The average molecular weight is 354 g/mol. The highest BCUT2D eigenvalue weighted by atomic mass is 35.5. The summed E-state index contributed by atoms with van der Waals surface area (Å²) in [5, 5.41) is 10.4. The smallest absolute Gasteiger partial charge is 0.142 e. The van der Waals surface area contributed by atoms with E-state index in [1.165, 1.54) is 0 Å². The maximum atomic E-state index is 9.46. The predicted octanol–water partition coefficient (Wildman–Crippen LogP) is 5.48. The standard InChI is InChI=1S/C19H13Cl2N3/c1-11-3-2-4-12(7-11)14-9-18(24-19(23)15(14)10-22)13-5-6-16(20)17(21)8-13/h2-9H,1H3,(H2,23,24). The molecule has 0 bridgehead atoms. The van der Waals surface area contributed by atoms with Crippen LogP contribution in [0.2, 0.25) is 10.0 Å². The number of nitrogens with two attached hydrogens (primary N) is 1. The van der Waals surface area contributed by atoms with Gasteiger partial charge in [0.2, 0.25) is 0 Å². The quantitative estimate of drug-likeness (QED) is 0.662. The average Bonchev–Trinajstić information content (AvgIpc) is 2.56. The van der Waals surface area contributed by atoms with Crippen LogP contribution < -0.4 is 5.73 Å². The van der Waals surface area contributed by atoms with Crippen molar-refractivity contribution >= 4 is 29.0 Å². The Labute approximate surface area is 150 Å². The third-order valence-electron chi connectivity index (χ3n) is 3.70. The minimum absolute atomic E-state index is 0.192. The van der Waals surface area contributed by atoms with Gasteiger partial charge >= 0.3 is 0 Å². The summed E-state index contributed by atoms with van der Waals surface area (Å²) in [6.45, 7) is 2.00. The Morgan fingerprint density at radius 2 is 1.79 bits per heavy atom. The summed E-state index contributed by atoms with van der Waals surface area (Å²) >= 11 is 12.1. The number of rotatable bonds is 2. The molecule has 2 N–H and O–H groups in total. The molecule has 1 heterocycles. The molecule has 0 fully saturated rings. The third kappa shape index (κ3) is 3.07. The molecule has 0 saturated heterocycles. The molecule has 0 unspecified atom stereocenters. The van der Waals surface area contributed by atoms with E-state index in [0.29, 0.717) is 21.3 Å². The lowest BCUT2D eigenvalue weighted by molar-refractivity contribution is 1.31. The zero-order valence-electron chi connectivity index (χ0n) is 12.8. The van der Waals surface area contributed by atoms with Crippen LogP contribution in [0.1, 0.15) is 11.1 Å². The van der Waals surface area contributed by atoms with Crippen LogP contribution >= 0.6 is 23.2 Å². The van der Waals surface area contributed by atoms with Gasteiger partial charge in [0.25, 0.3) is 0 Å². The number of nitrogen functional groups attached to an aromatic ring is 1. The molecule has 0 aliphatic carbocycles. The van der Waals surface area contributed by atoms with E-state index >= 15 is 0 Å². The zero-order chi connectivity index (χ0) is 17.3. The van der Waals surface area contributed by atoms with Gasteiger partial charge in [-0.3, -0.25) is 0 Å². The Balaban J connectivity index is 2.24. The number of aryl methyl sites for hydroxylation is 1. The van der Waals surface area contributed by atoms with Crippen molar-refractivity contribution in [2.24, 2.45) is 0 Å². The summed E-state index contributed by atoms with van der Waals surface area (Å²) < 4.78 is 0. The van der Waals surface area contributed by atoms with Crippen molar-refractivity contribution in [2.45, 2.75) is 6.92 Å². The van der Waals surface area contributed by atoms with Crippen molar-refractivity contribution in [3.8, 4) is 28.5 Å². The van der Waals surface area contributed by atoms with Crippen LogP contribution in [-0.2, 0) is 0 Å². The third-order valence-corrected chi connectivity index (χ3v) is 4.44. The molecule has 3 rings (SSSR count). The minimum atomic E-state index is 0.192. The molecule has 0 aliphatic heterocycles. The van der Waals surface area contributed by atoms with Crippen LogP contribution in [0, 0.1) is 18.3 Å². The molecule has 0 amide bonds. The van der Waals surface area contributed by atoms with Crippen molar-refractivity contribution in [2.75, 3.05) is 5.73 Å². The van der Waals surface area contributed by atoms with Crippen LogP contribution in [0.15, 0.2) is 48.5 Å². The lowest BCUT2D eigenvalue weighted by Gasteiger charge is -2.11. The summed E-state index contributed by atoms with van der Waals surface area (Å²) in [7, 11) is 0. The molecule has 5 heteroatoms. The molecule has 0 radical (unpaired) electrons. The number of halogens is 2. The second-order valence-corrected chi connectivity index (χ2v) is 6.24. The molecule has 118 valence electrons. The second-order valence-electron chi connectivity index (χ2n) is 5.43. The SMILES string of the molecule is Cc1cccc(-c2cc(-c3ccc(Cl)c(Cl)c3)nc(N)c2C#N)c1. The first-order valence-electron chi connectivity index (χ1n) is 7.22. The summed E-state index contributed by atoms with van der Waals surface area (Å²) in [6.07, 6.45) is 0. The second kappa shape index (κ2) is 6.52. The molecule has 2 aromatic carbocycles. The van der Waals surface area contributed by atoms with Gasteiger partial charge in [0, 0.05) is 11.1 Å². The Kier molecular flexibility index (Phi) is 4.44. The van der Waals surface area contributed by atoms with Gasteiger partial charge in [-0.05, 0) is 30.7 Å². The molecule has 0 atom stereocenters. The number of hydrogen-bond acceptors (Lipinski definition) is 3. The van der Waals surface area contributed by atoms with Gasteiger partial charge in [-0.25, -0.2) is 4.98 Å². The predicted molar refractivity (Wildman–Crippen MR) is 99.0 cm³/mol. The fraction of sp³-hybridized carbons (Fsp3) is 0.0526. The van der Waals surface area contributed by atoms with E-state index in [-0.39, 0.29) is 5.82 Å². The Hall–Kier alpha value is -2.54. The molecule has 0 aliphatic rings. The lowest BCUT2D eigenvalue weighted by atomic mass is 9.97. The topological polar surface area (TPSA) is 62.7 Å². The molecule has 24 heavy (non-hydrogen) atoms. The molecule has 0 saturated carbocycles. The molecule has 3 aromatic rings. The molecule has 0 spiro atoms. The minimum Gasteiger partial charge on any atom is -0.383 e. The van der Waals surface area contributed by atoms with Gasteiger partial charge in [-0.1, -0.05) is 59.1 Å². The number of anilines is 1. The summed E-state index contributed by atoms with van der Waals surface area (Å²) in [5.41, 5.74) is 10.6. The first-order chi connectivity index (χ1) is 11.5. The van der Waals surface area contributed by atoms with E-state index in [1.807, 2.05) is 43.3 Å². The largest absolute Gasteiger partial charge is 0.383 e. The van der Waals surface area contributed by atoms with Gasteiger partial charge < -0.3 is 5.73 Å².